The van der Waals surface area contributed by atoms with Crippen molar-refractivity contribution in [3.8, 4) is 0 Å². The second-order valence-electron chi connectivity index (χ2n) is 8.40. The maximum absolute atomic E-state index is 9.76. The molecule has 3 aromatic rings. The third-order valence-corrected chi connectivity index (χ3v) is 7.25. The van der Waals surface area contributed by atoms with E-state index in [9.17, 15) is 13.9 Å². The summed E-state index contributed by atoms with van der Waals surface area (Å²) in [7, 11) is 0. The summed E-state index contributed by atoms with van der Waals surface area (Å²) in [5.74, 6) is 2.09. The number of aliphatic hydroxyl groups excluding tert-OH is 1. The predicted molar refractivity (Wildman–Crippen MR) is 116 cm³/mol. The molecular weight excluding hydrogens is 402 g/mol. The summed E-state index contributed by atoms with van der Waals surface area (Å²) in [6.45, 7) is 2.42. The van der Waals surface area contributed by atoms with Crippen LogP contribution in [0.1, 0.15) is 62.9 Å². The van der Waals surface area contributed by atoms with E-state index in [4.69, 9.17) is 10.7 Å². The van der Waals surface area contributed by atoms with Crippen molar-refractivity contribution >= 4 is 27.8 Å². The molecular formula is C21H30N5O3S-. The van der Waals surface area contributed by atoms with Gasteiger partial charge in [0.1, 0.15) is 5.82 Å². The Bertz CT molecular complexity index is 1030. The van der Waals surface area contributed by atoms with Crippen molar-refractivity contribution in [2.24, 2.45) is 11.7 Å². The fraction of sp³-hybridized carbons (Fsp3) is 0.619. The molecule has 2 unspecified atom stereocenters. The first-order valence-electron chi connectivity index (χ1n) is 10.8. The summed E-state index contributed by atoms with van der Waals surface area (Å²) < 4.78 is 21.8. The van der Waals surface area contributed by atoms with Crippen molar-refractivity contribution in [3.63, 3.8) is 0 Å². The zero-order chi connectivity index (χ0) is 21.3. The van der Waals surface area contributed by atoms with Gasteiger partial charge in [0.15, 0.2) is 5.65 Å². The van der Waals surface area contributed by atoms with Crippen LogP contribution in [0.5, 0.6) is 0 Å². The summed E-state index contributed by atoms with van der Waals surface area (Å²) in [6, 6.07) is 2.32. The third-order valence-electron chi connectivity index (χ3n) is 6.23. The highest BCUT2D eigenvalue weighted by Crippen LogP contribution is 2.41. The maximum Gasteiger partial charge on any atom is 0.154 e. The highest BCUT2D eigenvalue weighted by atomic mass is 32.2. The van der Waals surface area contributed by atoms with Gasteiger partial charge in [0.05, 0.1) is 22.9 Å². The minimum Gasteiger partial charge on any atom is -0.772 e. The van der Waals surface area contributed by atoms with Gasteiger partial charge in [-0.2, -0.15) is 0 Å². The summed E-state index contributed by atoms with van der Waals surface area (Å²) in [5, 5.41) is 9.22. The average Bonchev–Trinajstić information content (AvgIpc) is 3.21. The van der Waals surface area contributed by atoms with E-state index < -0.39 is 11.1 Å². The number of hydrogen-bond acceptors (Lipinski definition) is 6. The molecule has 0 amide bonds. The fourth-order valence-corrected chi connectivity index (χ4v) is 5.04. The first-order chi connectivity index (χ1) is 14.5. The summed E-state index contributed by atoms with van der Waals surface area (Å²) in [4.78, 5) is 12.7. The average molecular weight is 433 g/mol. The van der Waals surface area contributed by atoms with Crippen molar-refractivity contribution < 1.29 is 13.9 Å². The van der Waals surface area contributed by atoms with Crippen LogP contribution < -0.4 is 5.73 Å². The van der Waals surface area contributed by atoms with Gasteiger partial charge >= 0.3 is 0 Å². The van der Waals surface area contributed by atoms with Gasteiger partial charge in [0.25, 0.3) is 0 Å². The quantitative estimate of drug-likeness (QED) is 0.512. The number of imidazole rings is 1. The molecule has 5 rings (SSSR count). The summed E-state index contributed by atoms with van der Waals surface area (Å²) in [5.41, 5.74) is 10.3. The number of nitrogens with zero attached hydrogens (tertiary/aromatic N) is 3. The van der Waals surface area contributed by atoms with Gasteiger partial charge in [-0.05, 0) is 50.5 Å². The number of aromatic nitrogens is 4. The van der Waals surface area contributed by atoms with Gasteiger partial charge in [-0.25, -0.2) is 9.97 Å². The molecule has 0 radical (unpaired) electrons. The van der Waals surface area contributed by atoms with E-state index in [1.165, 1.54) is 0 Å². The van der Waals surface area contributed by atoms with E-state index in [0.717, 1.165) is 73.1 Å². The topological polar surface area (TPSA) is 132 Å². The van der Waals surface area contributed by atoms with E-state index in [1.807, 2.05) is 12.4 Å². The predicted octanol–water partition coefficient (Wildman–Crippen LogP) is 2.39. The van der Waals surface area contributed by atoms with Crippen LogP contribution in [-0.2, 0) is 17.5 Å². The highest BCUT2D eigenvalue weighted by molar-refractivity contribution is 7.80. The van der Waals surface area contributed by atoms with Gasteiger partial charge in [-0.1, -0.05) is 24.4 Å². The molecule has 2 aliphatic carbocycles. The van der Waals surface area contributed by atoms with E-state index in [1.54, 1.807) is 0 Å². The molecule has 0 bridgehead atoms. The Labute approximate surface area is 178 Å². The Morgan fingerprint density at radius 3 is 2.80 bits per heavy atom. The first kappa shape index (κ1) is 21.4. The van der Waals surface area contributed by atoms with Gasteiger partial charge in [0, 0.05) is 30.0 Å². The van der Waals surface area contributed by atoms with Crippen molar-refractivity contribution in [3.05, 3.63) is 30.0 Å². The lowest BCUT2D eigenvalue weighted by Crippen LogP contribution is -2.15. The molecule has 3 heterocycles. The van der Waals surface area contributed by atoms with Crippen LogP contribution in [0.15, 0.2) is 18.5 Å². The molecule has 0 aromatic carbocycles. The number of nitrogens with one attached hydrogen (secondary N) is 1. The van der Waals surface area contributed by atoms with Crippen molar-refractivity contribution in [1.82, 2.24) is 19.4 Å². The second kappa shape index (κ2) is 9.13. The number of nitrogens with two attached hydrogens (primary N) is 1. The first-order valence-corrected chi connectivity index (χ1v) is 11.9. The van der Waals surface area contributed by atoms with Crippen LogP contribution in [0.25, 0.3) is 16.7 Å². The Hall–Kier alpha value is -1.81. The SMILES string of the molecule is CC[C@@H]1C[C@H](N)CC1c1nc(CCCO)c2cnc3[nH]ccc3n12.O=S([O-])C1CC1. The van der Waals surface area contributed by atoms with E-state index in [0.29, 0.717) is 11.8 Å². The van der Waals surface area contributed by atoms with Crippen LogP contribution in [0.3, 0.4) is 0 Å². The molecule has 0 saturated heterocycles. The number of aryl methyl sites for hydroxylation is 1. The molecule has 9 heteroatoms. The zero-order valence-corrected chi connectivity index (χ0v) is 18.1. The zero-order valence-electron chi connectivity index (χ0n) is 17.3. The lowest BCUT2D eigenvalue weighted by molar-refractivity contribution is 0.288. The van der Waals surface area contributed by atoms with Crippen LogP contribution >= 0.6 is 0 Å². The normalized spacial score (nSPS) is 24.9. The molecule has 4 N–H and O–H groups in total. The Balaban J connectivity index is 0.000000313. The number of H-pyrrole nitrogens is 1. The molecule has 30 heavy (non-hydrogen) atoms. The van der Waals surface area contributed by atoms with E-state index in [2.05, 4.69) is 27.4 Å². The van der Waals surface area contributed by atoms with Crippen LogP contribution in [0, 0.1) is 5.92 Å². The fourth-order valence-electron chi connectivity index (χ4n) is 4.52. The molecule has 3 aromatic heterocycles. The Kier molecular flexibility index (Phi) is 6.52. The number of fused-ring (bicyclic) bond motifs is 3. The number of aliphatic hydroxyl groups is 1. The minimum absolute atomic E-state index is 0.0185. The van der Waals surface area contributed by atoms with Crippen LogP contribution in [-0.4, -0.2) is 51.1 Å². The summed E-state index contributed by atoms with van der Waals surface area (Å²) in [6.07, 6.45) is 10.3. The number of rotatable bonds is 6. The maximum atomic E-state index is 9.76. The van der Waals surface area contributed by atoms with Crippen molar-refractivity contribution in [2.45, 2.75) is 69.1 Å². The summed E-state index contributed by atoms with van der Waals surface area (Å²) >= 11 is -1.76. The van der Waals surface area contributed by atoms with Gasteiger partial charge < -0.3 is 20.4 Å². The molecule has 2 saturated carbocycles. The van der Waals surface area contributed by atoms with Crippen LogP contribution in [0.4, 0.5) is 0 Å². The van der Waals surface area contributed by atoms with Gasteiger partial charge in [-0.15, -0.1) is 0 Å². The van der Waals surface area contributed by atoms with Gasteiger partial charge in [-0.3, -0.25) is 8.61 Å². The lowest BCUT2D eigenvalue weighted by Gasteiger charge is -2.17. The Morgan fingerprint density at radius 1 is 1.37 bits per heavy atom. The van der Waals surface area contributed by atoms with E-state index in [-0.39, 0.29) is 17.9 Å². The number of hydrogen-bond donors (Lipinski definition) is 3. The molecule has 164 valence electrons. The van der Waals surface area contributed by atoms with Crippen molar-refractivity contribution in [1.29, 1.82) is 0 Å². The molecule has 0 aliphatic heterocycles. The van der Waals surface area contributed by atoms with E-state index >= 15 is 0 Å². The smallest absolute Gasteiger partial charge is 0.154 e. The molecule has 8 nitrogen and oxygen atoms in total. The highest BCUT2D eigenvalue weighted by Gasteiger charge is 2.35. The molecule has 4 atom stereocenters. The largest absolute Gasteiger partial charge is 0.772 e. The second-order valence-corrected chi connectivity index (χ2v) is 9.59. The lowest BCUT2D eigenvalue weighted by atomic mass is 9.93. The van der Waals surface area contributed by atoms with Crippen LogP contribution in [0.2, 0.25) is 0 Å². The number of aromatic amines is 1. The van der Waals surface area contributed by atoms with Crippen molar-refractivity contribution in [2.75, 3.05) is 6.61 Å². The van der Waals surface area contributed by atoms with Gasteiger partial charge in [0.2, 0.25) is 0 Å². The third kappa shape index (κ3) is 4.30. The Morgan fingerprint density at radius 2 is 2.17 bits per heavy atom. The monoisotopic (exact) mass is 432 g/mol. The molecule has 2 fully saturated rings. The molecule has 0 spiro atoms. The molecule has 2 aliphatic rings. The minimum atomic E-state index is -1.76. The standard InChI is InChI=1S/C18H25N5O.C3H6O2S/c1-2-11-8-12(19)9-13(11)18-22-14(4-3-7-24)16-10-21-17-15(23(16)18)5-6-20-17;4-6(5)3-1-2-3/h5-6,10-13,20,24H,2-4,7-9,19H2,1H3;3H,1-2H2,(H,4,5)/p-1/t11-,12+,13?;/m1./s1.